The Morgan fingerprint density at radius 1 is 0.881 bits per heavy atom. The van der Waals surface area contributed by atoms with Gasteiger partial charge in [-0.1, -0.05) is 6.07 Å². The molecule has 0 saturated carbocycles. The molecule has 4 heterocycles. The van der Waals surface area contributed by atoms with Crippen molar-refractivity contribution in [3.05, 3.63) is 29.3 Å². The third-order valence-corrected chi connectivity index (χ3v) is 8.53. The largest absolute Gasteiger partial charge is 0.483 e. The van der Waals surface area contributed by atoms with Crippen LogP contribution in [-0.4, -0.2) is 94.8 Å². The summed E-state index contributed by atoms with van der Waals surface area (Å²) in [6, 6.07) is 3.51. The third-order valence-electron chi connectivity index (χ3n) is 8.53. The van der Waals surface area contributed by atoms with Crippen molar-refractivity contribution in [3.8, 4) is 5.75 Å². The molecule has 3 saturated heterocycles. The molecule has 6 amide bonds. The summed E-state index contributed by atoms with van der Waals surface area (Å²) < 4.78 is 11.3. The maximum atomic E-state index is 13.2. The number of fused-ring (bicyclic) bond motifs is 1. The minimum absolute atomic E-state index is 0.0245. The number of nitrogens with zero attached hydrogens (tertiary/aromatic N) is 3. The molecule has 1 atom stereocenters. The fourth-order valence-electron chi connectivity index (χ4n) is 6.34. The minimum atomic E-state index is -1.07. The smallest absolute Gasteiger partial charge is 0.410 e. The summed E-state index contributed by atoms with van der Waals surface area (Å²) in [6.45, 7) is 7.87. The number of piperidine rings is 3. The Morgan fingerprint density at radius 3 is 2.10 bits per heavy atom. The molecule has 42 heavy (non-hydrogen) atoms. The van der Waals surface area contributed by atoms with Crippen LogP contribution >= 0.6 is 0 Å². The van der Waals surface area contributed by atoms with E-state index in [2.05, 4.69) is 5.32 Å². The Hall–Kier alpha value is -3.96. The maximum absolute atomic E-state index is 13.2. The zero-order chi connectivity index (χ0) is 30.2. The van der Waals surface area contributed by atoms with Crippen molar-refractivity contribution in [2.75, 3.05) is 32.8 Å². The lowest BCUT2D eigenvalue weighted by molar-refractivity contribution is -0.136. The molecule has 4 aliphatic rings. The number of rotatable bonds is 5. The van der Waals surface area contributed by atoms with Gasteiger partial charge in [-0.05, 0) is 76.8 Å². The van der Waals surface area contributed by atoms with Crippen molar-refractivity contribution in [1.82, 2.24) is 20.0 Å². The summed E-state index contributed by atoms with van der Waals surface area (Å²) in [4.78, 5) is 79.9. The maximum Gasteiger partial charge on any atom is 0.410 e. The van der Waals surface area contributed by atoms with Gasteiger partial charge in [-0.15, -0.1) is 0 Å². The van der Waals surface area contributed by atoms with Crippen LogP contribution in [0.4, 0.5) is 4.79 Å². The molecule has 3 fully saturated rings. The Bertz CT molecular complexity index is 1290. The monoisotopic (exact) mass is 582 g/mol. The van der Waals surface area contributed by atoms with Crippen LogP contribution in [0.1, 0.15) is 80.0 Å². The number of hydrogen-bond acceptors (Lipinski definition) is 8. The van der Waals surface area contributed by atoms with Gasteiger partial charge in [0.1, 0.15) is 17.4 Å². The molecule has 12 nitrogen and oxygen atoms in total. The van der Waals surface area contributed by atoms with Crippen LogP contribution in [0.15, 0.2) is 18.2 Å². The van der Waals surface area contributed by atoms with Crippen molar-refractivity contribution < 1.29 is 38.2 Å². The summed E-state index contributed by atoms with van der Waals surface area (Å²) in [5.41, 5.74) is -0.384. The van der Waals surface area contributed by atoms with E-state index in [9.17, 15) is 28.8 Å². The molecule has 226 valence electrons. The van der Waals surface area contributed by atoms with Gasteiger partial charge in [0, 0.05) is 32.6 Å². The van der Waals surface area contributed by atoms with Crippen LogP contribution in [0.2, 0.25) is 0 Å². The molecule has 1 aromatic carbocycles. The van der Waals surface area contributed by atoms with Gasteiger partial charge in [-0.2, -0.15) is 0 Å². The molecule has 1 aromatic rings. The average Bonchev–Trinajstić information content (AvgIpc) is 3.21. The molecule has 4 aliphatic heterocycles. The van der Waals surface area contributed by atoms with Crippen LogP contribution in [-0.2, 0) is 19.1 Å². The van der Waals surface area contributed by atoms with Crippen LogP contribution in [0.25, 0.3) is 0 Å². The van der Waals surface area contributed by atoms with Gasteiger partial charge in [0.15, 0.2) is 6.61 Å². The van der Waals surface area contributed by atoms with E-state index in [0.29, 0.717) is 38.0 Å². The van der Waals surface area contributed by atoms with Crippen LogP contribution in [0.5, 0.6) is 5.75 Å². The Balaban J connectivity index is 1.12. The van der Waals surface area contributed by atoms with E-state index in [1.807, 2.05) is 20.8 Å². The highest BCUT2D eigenvalue weighted by Crippen LogP contribution is 2.35. The van der Waals surface area contributed by atoms with Crippen molar-refractivity contribution in [2.24, 2.45) is 11.8 Å². The second-order valence-electron chi connectivity index (χ2n) is 12.4. The topological polar surface area (TPSA) is 143 Å². The molecular weight excluding hydrogens is 544 g/mol. The zero-order valence-electron chi connectivity index (χ0n) is 24.3. The van der Waals surface area contributed by atoms with Gasteiger partial charge < -0.3 is 19.3 Å². The number of carbonyl (C=O) groups excluding carboxylic acids is 6. The van der Waals surface area contributed by atoms with E-state index in [0.717, 1.165) is 30.6 Å². The van der Waals surface area contributed by atoms with Gasteiger partial charge in [-0.3, -0.25) is 34.2 Å². The lowest BCUT2D eigenvalue weighted by Crippen LogP contribution is -2.54. The quantitative estimate of drug-likeness (QED) is 0.522. The number of hydrogen-bond donors (Lipinski definition) is 1. The summed E-state index contributed by atoms with van der Waals surface area (Å²) >= 11 is 0. The van der Waals surface area contributed by atoms with E-state index in [1.54, 1.807) is 15.9 Å². The fraction of sp³-hybridized carbons (Fsp3) is 0.600. The second-order valence-corrected chi connectivity index (χ2v) is 12.4. The lowest BCUT2D eigenvalue weighted by atomic mass is 9.79. The molecule has 0 spiro atoms. The highest BCUT2D eigenvalue weighted by Gasteiger charge is 2.46. The summed E-state index contributed by atoms with van der Waals surface area (Å²) in [7, 11) is 0. The SMILES string of the molecule is CC(C)(C)OC(=O)N1CCC(C2CCN(C(=O)COc3cccc4c3C(=O)N(C3CCC(=O)NC3=O)C4=O)CC2)CC1. The molecule has 1 unspecified atom stereocenters. The van der Waals surface area contributed by atoms with Gasteiger partial charge in [0.25, 0.3) is 17.7 Å². The van der Waals surface area contributed by atoms with Crippen LogP contribution in [0, 0.1) is 11.8 Å². The molecule has 5 rings (SSSR count). The Kier molecular flexibility index (Phi) is 8.25. The van der Waals surface area contributed by atoms with E-state index in [1.165, 1.54) is 12.1 Å². The van der Waals surface area contributed by atoms with Gasteiger partial charge in [0.05, 0.1) is 11.1 Å². The molecule has 0 aromatic heterocycles. The molecule has 0 radical (unpaired) electrons. The molecule has 1 N–H and O–H groups in total. The Labute approximate surface area is 244 Å². The number of amides is 6. The van der Waals surface area contributed by atoms with Crippen molar-refractivity contribution in [3.63, 3.8) is 0 Å². The van der Waals surface area contributed by atoms with Crippen molar-refractivity contribution in [2.45, 2.75) is 70.9 Å². The predicted octanol–water partition coefficient (Wildman–Crippen LogP) is 2.35. The standard InChI is InChI=1S/C30H38N4O8/c1-30(2,3)42-29(40)33-15-11-19(12-16-33)18-9-13-32(14-10-18)24(36)17-41-22-6-4-5-20-25(22)28(39)34(27(20)38)21-7-8-23(35)31-26(21)37/h4-6,18-19,21H,7-17H2,1-3H3,(H,31,35,37). The molecule has 12 heteroatoms. The molecule has 0 aliphatic carbocycles. The van der Waals surface area contributed by atoms with Gasteiger partial charge >= 0.3 is 6.09 Å². The first-order valence-electron chi connectivity index (χ1n) is 14.7. The first-order valence-corrected chi connectivity index (χ1v) is 14.7. The van der Waals surface area contributed by atoms with Crippen LogP contribution < -0.4 is 10.1 Å². The zero-order valence-corrected chi connectivity index (χ0v) is 24.3. The first-order chi connectivity index (χ1) is 19.9. The van der Waals surface area contributed by atoms with Gasteiger partial charge in [0.2, 0.25) is 11.8 Å². The van der Waals surface area contributed by atoms with E-state index in [-0.39, 0.29) is 48.3 Å². The number of nitrogens with one attached hydrogen (secondary N) is 1. The molecular formula is C30H38N4O8. The lowest BCUT2D eigenvalue weighted by Gasteiger charge is -2.40. The van der Waals surface area contributed by atoms with E-state index >= 15 is 0 Å². The summed E-state index contributed by atoms with van der Waals surface area (Å²) in [6.07, 6.45) is 3.41. The minimum Gasteiger partial charge on any atom is -0.483 e. The normalized spacial score (nSPS) is 22.3. The number of carbonyl (C=O) groups is 6. The van der Waals surface area contributed by atoms with Crippen LogP contribution in [0.3, 0.4) is 0 Å². The molecule has 0 bridgehead atoms. The van der Waals surface area contributed by atoms with Gasteiger partial charge in [-0.25, -0.2) is 4.79 Å². The highest BCUT2D eigenvalue weighted by atomic mass is 16.6. The van der Waals surface area contributed by atoms with Crippen molar-refractivity contribution in [1.29, 1.82) is 0 Å². The van der Waals surface area contributed by atoms with Crippen molar-refractivity contribution >= 4 is 35.6 Å². The number of benzene rings is 1. The number of ether oxygens (including phenoxy) is 2. The third kappa shape index (κ3) is 6.12. The predicted molar refractivity (Wildman–Crippen MR) is 148 cm³/mol. The van der Waals surface area contributed by atoms with E-state index < -0.39 is 35.3 Å². The summed E-state index contributed by atoms with van der Waals surface area (Å²) in [5, 5.41) is 2.18. The second kappa shape index (κ2) is 11.7. The summed E-state index contributed by atoms with van der Waals surface area (Å²) in [5.74, 6) is -1.54. The highest BCUT2D eigenvalue weighted by molar-refractivity contribution is 6.24. The Morgan fingerprint density at radius 2 is 1.50 bits per heavy atom. The first kappa shape index (κ1) is 29.5. The number of imide groups is 2. The average molecular weight is 583 g/mol. The number of likely N-dealkylation sites (tertiary alicyclic amines) is 2. The van der Waals surface area contributed by atoms with E-state index in [4.69, 9.17) is 9.47 Å². The fourth-order valence-corrected chi connectivity index (χ4v) is 6.34.